The second-order valence-electron chi connectivity index (χ2n) is 5.88. The van der Waals surface area contributed by atoms with Gasteiger partial charge < -0.3 is 10.2 Å². The predicted octanol–water partition coefficient (Wildman–Crippen LogP) is 1.72. The van der Waals surface area contributed by atoms with Crippen molar-refractivity contribution < 1.29 is 4.79 Å². The number of amides is 1. The summed E-state index contributed by atoms with van der Waals surface area (Å²) < 4.78 is 0. The largest absolute Gasteiger partial charge is 0.314 e. The molecular formula is C16H25N3O. The van der Waals surface area contributed by atoms with E-state index < -0.39 is 0 Å². The van der Waals surface area contributed by atoms with Gasteiger partial charge >= 0.3 is 0 Å². The van der Waals surface area contributed by atoms with Gasteiger partial charge in [0, 0.05) is 31.4 Å². The molecule has 1 fully saturated rings. The average molecular weight is 275 g/mol. The summed E-state index contributed by atoms with van der Waals surface area (Å²) in [5.41, 5.74) is 1.18. The van der Waals surface area contributed by atoms with Crippen LogP contribution in [0.5, 0.6) is 0 Å². The smallest absolute Gasteiger partial charge is 0.240 e. The van der Waals surface area contributed by atoms with Crippen LogP contribution >= 0.6 is 0 Å². The monoisotopic (exact) mass is 275 g/mol. The second-order valence-corrected chi connectivity index (χ2v) is 5.88. The highest BCUT2D eigenvalue weighted by Crippen LogP contribution is 2.21. The number of carbonyl (C=O) groups is 1. The normalized spacial score (nSPS) is 18.8. The molecule has 1 aromatic carbocycles. The van der Waals surface area contributed by atoms with Crippen molar-refractivity contribution in [2.45, 2.75) is 25.3 Å². The molecule has 1 aliphatic heterocycles. The highest BCUT2D eigenvalue weighted by molar-refractivity contribution is 5.94. The van der Waals surface area contributed by atoms with Gasteiger partial charge in [-0.3, -0.25) is 9.69 Å². The van der Waals surface area contributed by atoms with E-state index in [4.69, 9.17) is 0 Å². The van der Waals surface area contributed by atoms with Crippen molar-refractivity contribution in [1.29, 1.82) is 0 Å². The lowest BCUT2D eigenvalue weighted by Crippen LogP contribution is -2.51. The van der Waals surface area contributed by atoms with Gasteiger partial charge in [0.2, 0.25) is 5.91 Å². The van der Waals surface area contributed by atoms with Crippen molar-refractivity contribution in [1.82, 2.24) is 10.2 Å². The zero-order valence-corrected chi connectivity index (χ0v) is 12.7. The number of hydrogen-bond acceptors (Lipinski definition) is 3. The molecule has 0 spiro atoms. The summed E-state index contributed by atoms with van der Waals surface area (Å²) in [5, 5.41) is 3.38. The van der Waals surface area contributed by atoms with Crippen molar-refractivity contribution in [2.75, 3.05) is 38.6 Å². The van der Waals surface area contributed by atoms with Crippen LogP contribution in [0, 0.1) is 0 Å². The van der Waals surface area contributed by atoms with E-state index in [0.29, 0.717) is 6.54 Å². The van der Waals surface area contributed by atoms with Crippen LogP contribution in [0.15, 0.2) is 30.3 Å². The quantitative estimate of drug-likeness (QED) is 0.909. The molecule has 0 aromatic heterocycles. The fraction of sp³-hybridized carbons (Fsp3) is 0.562. The van der Waals surface area contributed by atoms with Crippen LogP contribution in [0.3, 0.4) is 0 Å². The average Bonchev–Trinajstić information content (AvgIpc) is 2.50. The van der Waals surface area contributed by atoms with Crippen LogP contribution < -0.4 is 10.2 Å². The Morgan fingerprint density at radius 2 is 1.90 bits per heavy atom. The number of para-hydroxylation sites is 1. The summed E-state index contributed by atoms with van der Waals surface area (Å²) in [6.45, 7) is 4.71. The molecule has 20 heavy (non-hydrogen) atoms. The molecule has 2 rings (SSSR count). The molecule has 0 bridgehead atoms. The molecule has 0 aliphatic carbocycles. The molecule has 1 amide bonds. The zero-order valence-electron chi connectivity index (χ0n) is 12.7. The molecule has 0 unspecified atom stereocenters. The summed E-state index contributed by atoms with van der Waals surface area (Å²) in [7, 11) is 3.86. The number of rotatable bonds is 4. The van der Waals surface area contributed by atoms with E-state index in [9.17, 15) is 4.79 Å². The van der Waals surface area contributed by atoms with E-state index in [2.05, 4.69) is 17.1 Å². The minimum absolute atomic E-state index is 0.157. The Kier molecular flexibility index (Phi) is 4.78. The lowest BCUT2D eigenvalue weighted by atomic mass is 9.90. The lowest BCUT2D eigenvalue weighted by Gasteiger charge is -2.39. The number of piperidine rings is 1. The van der Waals surface area contributed by atoms with Gasteiger partial charge in [0.1, 0.15) is 0 Å². The number of hydrogen-bond donors (Lipinski definition) is 1. The molecule has 1 N–H and O–H groups in total. The molecule has 1 aliphatic rings. The molecule has 110 valence electrons. The molecule has 1 aromatic rings. The first-order valence-corrected chi connectivity index (χ1v) is 7.27. The SMILES string of the molecule is CNC1(C)CCN(CC(=O)N(C)c2ccccc2)CC1. The number of carbonyl (C=O) groups excluding carboxylic acids is 1. The maximum atomic E-state index is 12.3. The highest BCUT2D eigenvalue weighted by Gasteiger charge is 2.29. The van der Waals surface area contributed by atoms with Crippen molar-refractivity contribution in [3.8, 4) is 0 Å². The Morgan fingerprint density at radius 1 is 1.30 bits per heavy atom. The van der Waals surface area contributed by atoms with Gasteiger partial charge in [0.25, 0.3) is 0 Å². The second kappa shape index (κ2) is 6.37. The van der Waals surface area contributed by atoms with Gasteiger partial charge in [-0.2, -0.15) is 0 Å². The highest BCUT2D eigenvalue weighted by atomic mass is 16.2. The minimum atomic E-state index is 0.157. The zero-order chi connectivity index (χ0) is 14.6. The van der Waals surface area contributed by atoms with Crippen LogP contribution in [-0.4, -0.2) is 50.1 Å². The maximum absolute atomic E-state index is 12.3. The van der Waals surface area contributed by atoms with Crippen LogP contribution in [0.25, 0.3) is 0 Å². The molecule has 1 heterocycles. The summed E-state index contributed by atoms with van der Waals surface area (Å²) in [6.07, 6.45) is 2.18. The number of nitrogens with zero attached hydrogens (tertiary/aromatic N) is 2. The van der Waals surface area contributed by atoms with E-state index in [-0.39, 0.29) is 11.4 Å². The molecule has 0 saturated carbocycles. The summed E-state index contributed by atoms with van der Waals surface area (Å²) in [6, 6.07) is 9.81. The van der Waals surface area contributed by atoms with E-state index in [1.807, 2.05) is 44.4 Å². The van der Waals surface area contributed by atoms with E-state index in [0.717, 1.165) is 31.6 Å². The predicted molar refractivity (Wildman–Crippen MR) is 83.0 cm³/mol. The topological polar surface area (TPSA) is 35.6 Å². The third-order valence-electron chi connectivity index (χ3n) is 4.44. The van der Waals surface area contributed by atoms with Crippen LogP contribution in [0.1, 0.15) is 19.8 Å². The van der Waals surface area contributed by atoms with Gasteiger partial charge in [-0.25, -0.2) is 0 Å². The first kappa shape index (κ1) is 15.0. The minimum Gasteiger partial charge on any atom is -0.314 e. The number of likely N-dealkylation sites (tertiary alicyclic amines) is 1. The summed E-state index contributed by atoms with van der Waals surface area (Å²) >= 11 is 0. The molecular weight excluding hydrogens is 250 g/mol. The van der Waals surface area contributed by atoms with Crippen molar-refractivity contribution in [3.63, 3.8) is 0 Å². The van der Waals surface area contributed by atoms with E-state index in [1.165, 1.54) is 0 Å². The third kappa shape index (κ3) is 3.58. The number of likely N-dealkylation sites (N-methyl/N-ethyl adjacent to an activating group) is 1. The third-order valence-corrected chi connectivity index (χ3v) is 4.44. The first-order valence-electron chi connectivity index (χ1n) is 7.27. The molecule has 0 atom stereocenters. The summed E-state index contributed by atoms with van der Waals surface area (Å²) in [5.74, 6) is 0.157. The van der Waals surface area contributed by atoms with E-state index >= 15 is 0 Å². The Morgan fingerprint density at radius 3 is 2.45 bits per heavy atom. The molecule has 0 radical (unpaired) electrons. The molecule has 1 saturated heterocycles. The number of nitrogens with one attached hydrogen (secondary N) is 1. The molecule has 4 nitrogen and oxygen atoms in total. The lowest BCUT2D eigenvalue weighted by molar-refractivity contribution is -0.119. The fourth-order valence-electron chi connectivity index (χ4n) is 2.55. The summed E-state index contributed by atoms with van der Waals surface area (Å²) in [4.78, 5) is 16.3. The van der Waals surface area contributed by atoms with Crippen molar-refractivity contribution >= 4 is 11.6 Å². The van der Waals surface area contributed by atoms with Crippen molar-refractivity contribution in [3.05, 3.63) is 30.3 Å². The number of anilines is 1. The molecule has 4 heteroatoms. The van der Waals surface area contributed by atoms with Crippen LogP contribution in [0.4, 0.5) is 5.69 Å². The Balaban J connectivity index is 1.87. The Hall–Kier alpha value is -1.39. The van der Waals surface area contributed by atoms with Crippen molar-refractivity contribution in [2.24, 2.45) is 0 Å². The maximum Gasteiger partial charge on any atom is 0.240 e. The van der Waals surface area contributed by atoms with Crippen LogP contribution in [-0.2, 0) is 4.79 Å². The Labute approximate surface area is 121 Å². The van der Waals surface area contributed by atoms with Gasteiger partial charge in [-0.1, -0.05) is 18.2 Å². The standard InChI is InChI=1S/C16H25N3O/c1-16(17-2)9-11-19(12-10-16)13-15(20)18(3)14-7-5-4-6-8-14/h4-8,17H,9-13H2,1-3H3. The van der Waals surface area contributed by atoms with Gasteiger partial charge in [-0.05, 0) is 38.9 Å². The van der Waals surface area contributed by atoms with E-state index in [1.54, 1.807) is 4.90 Å². The fourth-order valence-corrected chi connectivity index (χ4v) is 2.55. The van der Waals surface area contributed by atoms with Gasteiger partial charge in [0.15, 0.2) is 0 Å². The van der Waals surface area contributed by atoms with Gasteiger partial charge in [-0.15, -0.1) is 0 Å². The van der Waals surface area contributed by atoms with Gasteiger partial charge in [0.05, 0.1) is 6.54 Å². The number of benzene rings is 1. The Bertz CT molecular complexity index is 438. The first-order chi connectivity index (χ1) is 9.54. The van der Waals surface area contributed by atoms with Crippen LogP contribution in [0.2, 0.25) is 0 Å².